The maximum atomic E-state index is 10.00. The molecule has 0 spiro atoms. The van der Waals surface area contributed by atoms with Gasteiger partial charge in [-0.05, 0) is 26.3 Å². The van der Waals surface area contributed by atoms with Crippen LogP contribution in [-0.4, -0.2) is 11.7 Å². The molecule has 2 unspecified atom stereocenters. The summed E-state index contributed by atoms with van der Waals surface area (Å²) < 4.78 is 5.43. The minimum atomic E-state index is -0.641. The van der Waals surface area contributed by atoms with Gasteiger partial charge in [0.15, 0.2) is 0 Å². The Morgan fingerprint density at radius 2 is 2.12 bits per heavy atom. The predicted octanol–water partition coefficient (Wildman–Crippen LogP) is 2.67. The van der Waals surface area contributed by atoms with Gasteiger partial charge in [0.05, 0.1) is 18.8 Å². The van der Waals surface area contributed by atoms with E-state index < -0.39 is 6.10 Å². The highest BCUT2D eigenvalue weighted by Crippen LogP contribution is 2.29. The lowest BCUT2D eigenvalue weighted by Gasteiger charge is -2.16. The van der Waals surface area contributed by atoms with E-state index in [0.29, 0.717) is 18.8 Å². The largest absolute Gasteiger partial charge is 0.493 e. The van der Waals surface area contributed by atoms with E-state index in [2.05, 4.69) is 6.07 Å². The smallest absolute Gasteiger partial charge is 0.125 e. The number of aliphatic hydroxyl groups excluding tert-OH is 1. The molecule has 0 saturated carbocycles. The average molecular weight is 219 g/mol. The molecular formula is C13H17NO2. The van der Waals surface area contributed by atoms with Gasteiger partial charge in [-0.25, -0.2) is 0 Å². The van der Waals surface area contributed by atoms with Crippen molar-refractivity contribution in [2.45, 2.75) is 26.4 Å². The lowest BCUT2D eigenvalue weighted by molar-refractivity contribution is 0.151. The molecule has 0 heterocycles. The zero-order valence-corrected chi connectivity index (χ0v) is 9.68. The molecule has 16 heavy (non-hydrogen) atoms. The lowest BCUT2D eigenvalue weighted by Crippen LogP contribution is -2.05. The third-order valence-corrected chi connectivity index (χ3v) is 2.38. The number of benzene rings is 1. The molecule has 0 amide bonds. The molecule has 0 fully saturated rings. The van der Waals surface area contributed by atoms with Gasteiger partial charge in [0.1, 0.15) is 5.75 Å². The van der Waals surface area contributed by atoms with Gasteiger partial charge in [-0.1, -0.05) is 18.2 Å². The minimum absolute atomic E-state index is 0.162. The second-order valence-corrected chi connectivity index (χ2v) is 3.75. The zero-order chi connectivity index (χ0) is 12.0. The highest BCUT2D eigenvalue weighted by atomic mass is 16.5. The molecule has 0 aliphatic carbocycles. The number of hydrogen-bond donors (Lipinski definition) is 1. The Morgan fingerprint density at radius 1 is 1.44 bits per heavy atom. The molecule has 1 aromatic rings. The molecule has 0 aromatic heterocycles. The first-order valence-electron chi connectivity index (χ1n) is 5.48. The van der Waals surface area contributed by atoms with Gasteiger partial charge in [0, 0.05) is 11.5 Å². The maximum absolute atomic E-state index is 10.00. The fraction of sp³-hybridized carbons (Fsp3) is 0.462. The maximum Gasteiger partial charge on any atom is 0.125 e. The van der Waals surface area contributed by atoms with Crippen LogP contribution in [-0.2, 0) is 0 Å². The molecule has 0 bridgehead atoms. The number of rotatable bonds is 5. The molecule has 86 valence electrons. The van der Waals surface area contributed by atoms with E-state index in [1.54, 1.807) is 6.92 Å². The summed E-state index contributed by atoms with van der Waals surface area (Å²) in [6.45, 7) is 4.27. The number of hydrogen-bond acceptors (Lipinski definition) is 3. The van der Waals surface area contributed by atoms with Gasteiger partial charge in [0.25, 0.3) is 0 Å². The minimum Gasteiger partial charge on any atom is -0.493 e. The van der Waals surface area contributed by atoms with Crippen molar-refractivity contribution in [1.29, 1.82) is 5.26 Å². The van der Waals surface area contributed by atoms with Crippen LogP contribution in [0.4, 0.5) is 0 Å². The highest BCUT2D eigenvalue weighted by Gasteiger charge is 2.15. The molecule has 3 heteroatoms. The van der Waals surface area contributed by atoms with Crippen LogP contribution in [0.3, 0.4) is 0 Å². The summed E-state index contributed by atoms with van der Waals surface area (Å²) in [5.41, 5.74) is 0.756. The molecular weight excluding hydrogens is 202 g/mol. The first-order valence-corrected chi connectivity index (χ1v) is 5.48. The van der Waals surface area contributed by atoms with Crippen LogP contribution in [0.1, 0.15) is 31.9 Å². The van der Waals surface area contributed by atoms with Gasteiger partial charge >= 0.3 is 0 Å². The quantitative estimate of drug-likeness (QED) is 0.828. The Balaban J connectivity index is 2.82. The molecule has 1 N–H and O–H groups in total. The van der Waals surface area contributed by atoms with Crippen molar-refractivity contribution in [2.24, 2.45) is 5.92 Å². The normalized spacial score (nSPS) is 13.9. The fourth-order valence-corrected chi connectivity index (χ4v) is 1.56. The summed E-state index contributed by atoms with van der Waals surface area (Å²) in [5.74, 6) is 0.535. The topological polar surface area (TPSA) is 53.2 Å². The molecule has 3 nitrogen and oxygen atoms in total. The zero-order valence-electron chi connectivity index (χ0n) is 9.68. The SMILES string of the molecule is CCOc1ccccc1C(O)CC(C)C#N. The lowest BCUT2D eigenvalue weighted by atomic mass is 9.98. The van der Waals surface area contributed by atoms with E-state index in [4.69, 9.17) is 10.00 Å². The molecule has 0 aliphatic rings. The van der Waals surface area contributed by atoms with Crippen molar-refractivity contribution in [1.82, 2.24) is 0 Å². The Morgan fingerprint density at radius 3 is 2.75 bits per heavy atom. The predicted molar refractivity (Wildman–Crippen MR) is 62.0 cm³/mol. The van der Waals surface area contributed by atoms with E-state index in [1.807, 2.05) is 31.2 Å². The third-order valence-electron chi connectivity index (χ3n) is 2.38. The van der Waals surface area contributed by atoms with E-state index in [-0.39, 0.29) is 5.92 Å². The number of aliphatic hydroxyl groups is 1. The van der Waals surface area contributed by atoms with Crippen molar-refractivity contribution in [3.05, 3.63) is 29.8 Å². The third kappa shape index (κ3) is 3.25. The molecule has 1 rings (SSSR count). The summed E-state index contributed by atoms with van der Waals surface area (Å²) in [6, 6.07) is 9.51. The number of nitrogens with zero attached hydrogens (tertiary/aromatic N) is 1. The van der Waals surface area contributed by atoms with Crippen molar-refractivity contribution >= 4 is 0 Å². The number of para-hydroxylation sites is 1. The number of ether oxygens (including phenoxy) is 1. The van der Waals surface area contributed by atoms with Gasteiger partial charge < -0.3 is 9.84 Å². The summed E-state index contributed by atoms with van der Waals surface area (Å²) in [4.78, 5) is 0. The standard InChI is InChI=1S/C13H17NO2/c1-3-16-13-7-5-4-6-11(13)12(15)8-10(2)9-14/h4-7,10,12,15H,3,8H2,1-2H3. The van der Waals surface area contributed by atoms with Crippen LogP contribution in [0.15, 0.2) is 24.3 Å². The fourth-order valence-electron chi connectivity index (χ4n) is 1.56. The van der Waals surface area contributed by atoms with Gasteiger partial charge in [-0.15, -0.1) is 0 Å². The van der Waals surface area contributed by atoms with Gasteiger partial charge in [0.2, 0.25) is 0 Å². The molecule has 2 atom stereocenters. The van der Waals surface area contributed by atoms with Crippen molar-refractivity contribution in [3.63, 3.8) is 0 Å². The Kier molecular flexibility index (Phi) is 4.81. The highest BCUT2D eigenvalue weighted by molar-refractivity contribution is 5.35. The van der Waals surface area contributed by atoms with E-state index in [9.17, 15) is 5.11 Å². The van der Waals surface area contributed by atoms with E-state index >= 15 is 0 Å². The summed E-state index contributed by atoms with van der Waals surface area (Å²) in [5, 5.41) is 18.7. The Labute approximate surface area is 96.3 Å². The first kappa shape index (κ1) is 12.5. The monoisotopic (exact) mass is 219 g/mol. The van der Waals surface area contributed by atoms with Gasteiger partial charge in [-0.3, -0.25) is 0 Å². The van der Waals surface area contributed by atoms with Crippen LogP contribution >= 0.6 is 0 Å². The summed E-state index contributed by atoms with van der Waals surface area (Å²) >= 11 is 0. The Hall–Kier alpha value is -1.53. The van der Waals surface area contributed by atoms with Crippen molar-refractivity contribution in [3.8, 4) is 11.8 Å². The molecule has 1 aromatic carbocycles. The van der Waals surface area contributed by atoms with Crippen molar-refractivity contribution < 1.29 is 9.84 Å². The first-order chi connectivity index (χ1) is 7.69. The molecule has 0 radical (unpaired) electrons. The van der Waals surface area contributed by atoms with Crippen LogP contribution < -0.4 is 4.74 Å². The molecule has 0 aliphatic heterocycles. The van der Waals surface area contributed by atoms with E-state index in [0.717, 1.165) is 5.56 Å². The van der Waals surface area contributed by atoms with Gasteiger partial charge in [-0.2, -0.15) is 5.26 Å². The van der Waals surface area contributed by atoms with Crippen LogP contribution in [0.5, 0.6) is 5.75 Å². The van der Waals surface area contributed by atoms with Crippen LogP contribution in [0.25, 0.3) is 0 Å². The summed E-state index contributed by atoms with van der Waals surface area (Å²) in [6.07, 6.45) is -0.210. The second kappa shape index (κ2) is 6.14. The van der Waals surface area contributed by atoms with E-state index in [1.165, 1.54) is 0 Å². The van der Waals surface area contributed by atoms with Crippen molar-refractivity contribution in [2.75, 3.05) is 6.61 Å². The second-order valence-electron chi connectivity index (χ2n) is 3.75. The molecule has 0 saturated heterocycles. The van der Waals surface area contributed by atoms with Crippen LogP contribution in [0.2, 0.25) is 0 Å². The van der Waals surface area contributed by atoms with Crippen LogP contribution in [0, 0.1) is 17.2 Å². The number of nitriles is 1. The average Bonchev–Trinajstić information content (AvgIpc) is 2.30. The Bertz CT molecular complexity index is 370. The summed E-state index contributed by atoms with van der Waals surface area (Å²) in [7, 11) is 0.